The van der Waals surface area contributed by atoms with Gasteiger partial charge in [0.2, 0.25) is 5.95 Å². The fraction of sp³-hybridized carbons (Fsp3) is 0.333. The van der Waals surface area contributed by atoms with E-state index < -0.39 is 0 Å². The Morgan fingerprint density at radius 3 is 3.04 bits per heavy atom. The Morgan fingerprint density at radius 1 is 1.15 bits per heavy atom. The minimum absolute atomic E-state index is 0.0843. The lowest BCUT2D eigenvalue weighted by molar-refractivity contribution is 0.142. The van der Waals surface area contributed by atoms with Gasteiger partial charge in [0, 0.05) is 19.3 Å². The van der Waals surface area contributed by atoms with E-state index >= 15 is 0 Å². The van der Waals surface area contributed by atoms with Crippen LogP contribution in [0.2, 0.25) is 0 Å². The van der Waals surface area contributed by atoms with Crippen molar-refractivity contribution in [2.45, 2.75) is 25.3 Å². The number of hydrogen-bond donors (Lipinski definition) is 1. The number of imidazole rings is 2. The number of aromatic amines is 1. The zero-order chi connectivity index (χ0) is 17.5. The first-order valence-corrected chi connectivity index (χ1v) is 8.79. The molecule has 0 amide bonds. The third kappa shape index (κ3) is 2.41. The number of nitrogens with zero attached hydrogens (tertiary/aromatic N) is 5. The number of rotatable bonds is 2. The minimum Gasteiger partial charge on any atom is -0.381 e. The second-order valence-corrected chi connectivity index (χ2v) is 6.51. The molecular formula is C18H18N6O2. The summed E-state index contributed by atoms with van der Waals surface area (Å²) in [6.45, 7) is 1.41. The smallest absolute Gasteiger partial charge is 0.327 e. The molecule has 5 rings (SSSR count). The number of hydrogen-bond acceptors (Lipinski definition) is 5. The van der Waals surface area contributed by atoms with Crippen LogP contribution in [0.1, 0.15) is 25.3 Å². The summed E-state index contributed by atoms with van der Waals surface area (Å²) in [5, 5.41) is 0. The van der Waals surface area contributed by atoms with Crippen LogP contribution in [0.4, 0.5) is 0 Å². The van der Waals surface area contributed by atoms with Crippen molar-refractivity contribution in [2.75, 3.05) is 13.2 Å². The van der Waals surface area contributed by atoms with E-state index in [1.54, 1.807) is 17.1 Å². The summed E-state index contributed by atoms with van der Waals surface area (Å²) < 4.78 is 9.13. The SMILES string of the molecule is O=c1[nH]c2cnc(-n3cnc4ccccc43)nc2n1C1CCCOCC1. The molecule has 0 radical (unpaired) electrons. The van der Waals surface area contributed by atoms with Crippen molar-refractivity contribution in [3.8, 4) is 5.95 Å². The molecule has 8 nitrogen and oxygen atoms in total. The molecule has 1 N–H and O–H groups in total. The van der Waals surface area contributed by atoms with Crippen LogP contribution < -0.4 is 5.69 Å². The van der Waals surface area contributed by atoms with Gasteiger partial charge in [0.25, 0.3) is 0 Å². The van der Waals surface area contributed by atoms with Crippen LogP contribution in [0, 0.1) is 0 Å². The highest BCUT2D eigenvalue weighted by Gasteiger charge is 2.21. The molecule has 1 atom stereocenters. The third-order valence-electron chi connectivity index (χ3n) is 4.90. The molecule has 4 aromatic rings. The Balaban J connectivity index is 1.67. The standard InChI is InChI=1S/C18H18N6O2/c25-18-21-14-10-19-17(23-11-20-13-5-1-2-6-15(13)23)22-16(14)24(18)12-4-3-8-26-9-7-12/h1-2,5-6,10-12H,3-4,7-9H2,(H,21,25). The topological polar surface area (TPSA) is 90.6 Å². The highest BCUT2D eigenvalue weighted by molar-refractivity contribution is 5.77. The summed E-state index contributed by atoms with van der Waals surface area (Å²) in [5.74, 6) is 0.504. The molecule has 0 aliphatic carbocycles. The first kappa shape index (κ1) is 15.3. The highest BCUT2D eigenvalue weighted by atomic mass is 16.5. The number of benzene rings is 1. The van der Waals surface area contributed by atoms with Crippen molar-refractivity contribution in [2.24, 2.45) is 0 Å². The Labute approximate surface area is 148 Å². The van der Waals surface area contributed by atoms with Crippen molar-refractivity contribution in [3.63, 3.8) is 0 Å². The van der Waals surface area contributed by atoms with Gasteiger partial charge >= 0.3 is 5.69 Å². The van der Waals surface area contributed by atoms with E-state index in [2.05, 4.69) is 15.0 Å². The van der Waals surface area contributed by atoms with E-state index in [-0.39, 0.29) is 11.7 Å². The van der Waals surface area contributed by atoms with Gasteiger partial charge in [0.15, 0.2) is 5.65 Å². The van der Waals surface area contributed by atoms with Gasteiger partial charge < -0.3 is 9.72 Å². The first-order chi connectivity index (χ1) is 12.8. The van der Waals surface area contributed by atoms with Crippen molar-refractivity contribution in [3.05, 3.63) is 47.3 Å². The maximum Gasteiger partial charge on any atom is 0.327 e. The quantitative estimate of drug-likeness (QED) is 0.598. The van der Waals surface area contributed by atoms with E-state index in [1.165, 1.54) is 0 Å². The molecule has 1 unspecified atom stereocenters. The Hall–Kier alpha value is -3.00. The summed E-state index contributed by atoms with van der Waals surface area (Å²) >= 11 is 0. The van der Waals surface area contributed by atoms with Gasteiger partial charge in [-0.1, -0.05) is 12.1 Å². The predicted molar refractivity (Wildman–Crippen MR) is 96.5 cm³/mol. The average Bonchev–Trinajstić information content (AvgIpc) is 3.11. The monoisotopic (exact) mass is 350 g/mol. The fourth-order valence-electron chi connectivity index (χ4n) is 3.63. The molecule has 0 spiro atoms. The van der Waals surface area contributed by atoms with E-state index in [0.717, 1.165) is 36.9 Å². The number of fused-ring (bicyclic) bond motifs is 2. The summed E-state index contributed by atoms with van der Waals surface area (Å²) in [5.41, 5.74) is 2.94. The minimum atomic E-state index is -0.145. The second kappa shape index (κ2) is 6.06. The predicted octanol–water partition coefficient (Wildman–Crippen LogP) is 2.20. The molecule has 26 heavy (non-hydrogen) atoms. The van der Waals surface area contributed by atoms with Gasteiger partial charge in [-0.2, -0.15) is 4.98 Å². The largest absolute Gasteiger partial charge is 0.381 e. The molecule has 1 aliphatic heterocycles. The summed E-state index contributed by atoms with van der Waals surface area (Å²) in [6, 6.07) is 7.91. The van der Waals surface area contributed by atoms with Crippen LogP contribution in [-0.4, -0.2) is 42.3 Å². The summed E-state index contributed by atoms with van der Waals surface area (Å²) in [7, 11) is 0. The van der Waals surface area contributed by atoms with E-state index in [4.69, 9.17) is 9.72 Å². The molecule has 1 fully saturated rings. The van der Waals surface area contributed by atoms with Crippen LogP contribution in [0.15, 0.2) is 41.6 Å². The fourth-order valence-corrected chi connectivity index (χ4v) is 3.63. The lowest BCUT2D eigenvalue weighted by Crippen LogP contribution is -2.23. The zero-order valence-electron chi connectivity index (χ0n) is 14.1. The molecule has 132 valence electrons. The van der Waals surface area contributed by atoms with Gasteiger partial charge in [0.05, 0.1) is 17.2 Å². The van der Waals surface area contributed by atoms with E-state index in [1.807, 2.05) is 28.8 Å². The highest BCUT2D eigenvalue weighted by Crippen LogP contribution is 2.24. The molecular weight excluding hydrogens is 332 g/mol. The molecule has 8 heteroatoms. The van der Waals surface area contributed by atoms with Crippen molar-refractivity contribution < 1.29 is 4.74 Å². The lowest BCUT2D eigenvalue weighted by Gasteiger charge is -2.15. The molecule has 1 aromatic carbocycles. The molecule has 0 saturated carbocycles. The normalized spacial score (nSPS) is 18.4. The van der Waals surface area contributed by atoms with Gasteiger partial charge in [-0.05, 0) is 31.4 Å². The molecule has 0 bridgehead atoms. The van der Waals surface area contributed by atoms with Crippen LogP contribution in [0.5, 0.6) is 0 Å². The van der Waals surface area contributed by atoms with Gasteiger partial charge in [-0.15, -0.1) is 0 Å². The first-order valence-electron chi connectivity index (χ1n) is 8.79. The van der Waals surface area contributed by atoms with Crippen LogP contribution >= 0.6 is 0 Å². The van der Waals surface area contributed by atoms with Gasteiger partial charge in [-0.3, -0.25) is 9.13 Å². The second-order valence-electron chi connectivity index (χ2n) is 6.51. The molecule has 3 aromatic heterocycles. The summed E-state index contributed by atoms with van der Waals surface area (Å²) in [4.78, 5) is 28.9. The average molecular weight is 350 g/mol. The third-order valence-corrected chi connectivity index (χ3v) is 4.90. The van der Waals surface area contributed by atoms with Gasteiger partial charge in [-0.25, -0.2) is 14.8 Å². The van der Waals surface area contributed by atoms with E-state index in [0.29, 0.717) is 23.7 Å². The Kier molecular flexibility index (Phi) is 3.56. The molecule has 1 aliphatic rings. The van der Waals surface area contributed by atoms with E-state index in [9.17, 15) is 4.79 Å². The lowest BCUT2D eigenvalue weighted by atomic mass is 10.1. The number of nitrogens with one attached hydrogen (secondary N) is 1. The maximum atomic E-state index is 12.5. The van der Waals surface area contributed by atoms with Crippen molar-refractivity contribution in [1.82, 2.24) is 29.1 Å². The summed E-state index contributed by atoms with van der Waals surface area (Å²) in [6.07, 6.45) is 6.02. The Bertz CT molecular complexity index is 1130. The number of ether oxygens (including phenoxy) is 1. The van der Waals surface area contributed by atoms with Crippen LogP contribution in [0.3, 0.4) is 0 Å². The number of aromatic nitrogens is 6. The van der Waals surface area contributed by atoms with Crippen molar-refractivity contribution >= 4 is 22.2 Å². The van der Waals surface area contributed by atoms with Crippen LogP contribution in [0.25, 0.3) is 28.1 Å². The Morgan fingerprint density at radius 2 is 2.08 bits per heavy atom. The van der Waals surface area contributed by atoms with Crippen LogP contribution in [-0.2, 0) is 4.74 Å². The van der Waals surface area contributed by atoms with Gasteiger partial charge in [0.1, 0.15) is 11.8 Å². The number of para-hydroxylation sites is 2. The van der Waals surface area contributed by atoms with Crippen molar-refractivity contribution in [1.29, 1.82) is 0 Å². The number of H-pyrrole nitrogens is 1. The zero-order valence-corrected chi connectivity index (χ0v) is 14.1. The molecule has 4 heterocycles. The molecule has 1 saturated heterocycles. The maximum absolute atomic E-state index is 12.5.